The van der Waals surface area contributed by atoms with Crippen LogP contribution in [0.25, 0.3) is 0 Å². The Bertz CT molecular complexity index is 45.0. The standard InChI is InChI=1S/C4H10BrNO.BrH/c1-2-6-4(5)3-7;/h4,6-7H,2-3H2,1H3;1H. The van der Waals surface area contributed by atoms with Crippen LogP contribution in [0.2, 0.25) is 0 Å². The van der Waals surface area contributed by atoms with Crippen molar-refractivity contribution in [3.05, 3.63) is 0 Å². The van der Waals surface area contributed by atoms with Gasteiger partial charge in [0.2, 0.25) is 0 Å². The number of alkyl halides is 1. The van der Waals surface area contributed by atoms with E-state index in [1.165, 1.54) is 0 Å². The van der Waals surface area contributed by atoms with Crippen molar-refractivity contribution in [2.75, 3.05) is 13.2 Å². The molecule has 2 nitrogen and oxygen atoms in total. The van der Waals surface area contributed by atoms with E-state index in [0.29, 0.717) is 0 Å². The van der Waals surface area contributed by atoms with E-state index in [4.69, 9.17) is 5.11 Å². The first-order valence-corrected chi connectivity index (χ1v) is 3.21. The van der Waals surface area contributed by atoms with E-state index in [-0.39, 0.29) is 28.5 Å². The molecule has 1 atom stereocenters. The van der Waals surface area contributed by atoms with Gasteiger partial charge in [0.05, 0.1) is 11.6 Å². The summed E-state index contributed by atoms with van der Waals surface area (Å²) in [6, 6.07) is 0. The van der Waals surface area contributed by atoms with E-state index in [0.717, 1.165) is 6.54 Å². The summed E-state index contributed by atoms with van der Waals surface area (Å²) in [5.41, 5.74) is 0. The van der Waals surface area contributed by atoms with E-state index in [2.05, 4.69) is 21.2 Å². The first-order valence-electron chi connectivity index (χ1n) is 2.29. The van der Waals surface area contributed by atoms with Crippen LogP contribution in [-0.4, -0.2) is 23.2 Å². The number of aliphatic hydroxyl groups is 1. The van der Waals surface area contributed by atoms with Crippen molar-refractivity contribution < 1.29 is 5.11 Å². The lowest BCUT2D eigenvalue weighted by Crippen LogP contribution is -2.25. The molecule has 0 fully saturated rings. The maximum atomic E-state index is 8.36. The molecule has 0 aliphatic heterocycles. The highest BCUT2D eigenvalue weighted by atomic mass is 79.9. The predicted octanol–water partition coefficient (Wildman–Crippen LogP) is 0.887. The zero-order valence-electron chi connectivity index (χ0n) is 4.72. The molecule has 52 valence electrons. The molecule has 1 unspecified atom stereocenters. The van der Waals surface area contributed by atoms with Crippen LogP contribution in [0.15, 0.2) is 0 Å². The minimum atomic E-state index is 0. The van der Waals surface area contributed by atoms with Crippen LogP contribution in [0.1, 0.15) is 6.92 Å². The summed E-state index contributed by atoms with van der Waals surface area (Å²) in [5, 5.41) is 11.3. The highest BCUT2D eigenvalue weighted by Crippen LogP contribution is 1.89. The summed E-state index contributed by atoms with van der Waals surface area (Å²) in [5.74, 6) is 0. The molecule has 0 aliphatic rings. The zero-order valence-corrected chi connectivity index (χ0v) is 8.02. The molecule has 0 radical (unpaired) electrons. The van der Waals surface area contributed by atoms with Crippen LogP contribution in [0, 0.1) is 0 Å². The molecule has 0 saturated heterocycles. The number of likely N-dealkylation sites (N-methyl/N-ethyl adjacent to an activating group) is 1. The number of halogens is 2. The highest BCUT2D eigenvalue weighted by molar-refractivity contribution is 9.09. The summed E-state index contributed by atoms with van der Waals surface area (Å²) >= 11 is 3.18. The third kappa shape index (κ3) is 6.88. The molecule has 4 heteroatoms. The second-order valence-corrected chi connectivity index (χ2v) is 2.31. The number of rotatable bonds is 3. The van der Waals surface area contributed by atoms with Crippen LogP contribution in [0.5, 0.6) is 0 Å². The largest absolute Gasteiger partial charge is 0.394 e. The van der Waals surface area contributed by atoms with Crippen molar-refractivity contribution in [2.45, 2.75) is 11.9 Å². The second kappa shape index (κ2) is 7.88. The molecule has 0 aromatic carbocycles. The Balaban J connectivity index is 0. The van der Waals surface area contributed by atoms with Crippen molar-refractivity contribution in [2.24, 2.45) is 0 Å². The molecule has 0 rings (SSSR count). The summed E-state index contributed by atoms with van der Waals surface area (Å²) < 4.78 is 0. The maximum absolute atomic E-state index is 8.36. The van der Waals surface area contributed by atoms with Gasteiger partial charge in [-0.1, -0.05) is 22.9 Å². The lowest BCUT2D eigenvalue weighted by atomic mass is 10.6. The number of aliphatic hydroxyl groups excluding tert-OH is 1. The molecule has 0 bridgehead atoms. The van der Waals surface area contributed by atoms with Crippen LogP contribution in [-0.2, 0) is 0 Å². The minimum absolute atomic E-state index is 0. The molecule has 0 amide bonds. The number of hydrogen-bond acceptors (Lipinski definition) is 2. The monoisotopic (exact) mass is 247 g/mol. The van der Waals surface area contributed by atoms with E-state index >= 15 is 0 Å². The van der Waals surface area contributed by atoms with E-state index in [9.17, 15) is 0 Å². The predicted molar refractivity (Wildman–Crippen MR) is 43.8 cm³/mol. The molecular weight excluding hydrogens is 238 g/mol. The van der Waals surface area contributed by atoms with Gasteiger partial charge in [-0.3, -0.25) is 0 Å². The van der Waals surface area contributed by atoms with Crippen molar-refractivity contribution in [1.82, 2.24) is 5.32 Å². The molecule has 0 aromatic rings. The van der Waals surface area contributed by atoms with Gasteiger partial charge < -0.3 is 10.4 Å². The first-order chi connectivity index (χ1) is 3.31. The number of hydrogen-bond donors (Lipinski definition) is 2. The fourth-order valence-electron chi connectivity index (χ4n) is 0.286. The van der Waals surface area contributed by atoms with Gasteiger partial charge in [-0.15, -0.1) is 17.0 Å². The average molecular weight is 249 g/mol. The quantitative estimate of drug-likeness (QED) is 0.575. The topological polar surface area (TPSA) is 32.3 Å². The third-order valence-electron chi connectivity index (χ3n) is 0.586. The van der Waals surface area contributed by atoms with Gasteiger partial charge in [0.1, 0.15) is 0 Å². The van der Waals surface area contributed by atoms with Gasteiger partial charge in [-0.25, -0.2) is 0 Å². The Hall–Kier alpha value is 0.880. The van der Waals surface area contributed by atoms with Gasteiger partial charge in [0.15, 0.2) is 0 Å². The summed E-state index contributed by atoms with van der Waals surface area (Å²) in [7, 11) is 0. The van der Waals surface area contributed by atoms with Crippen molar-refractivity contribution >= 4 is 32.9 Å². The molecule has 0 saturated carbocycles. The third-order valence-corrected chi connectivity index (χ3v) is 1.20. The Labute approximate surface area is 68.6 Å². The maximum Gasteiger partial charge on any atom is 0.0864 e. The van der Waals surface area contributed by atoms with Crippen molar-refractivity contribution in [3.63, 3.8) is 0 Å². The van der Waals surface area contributed by atoms with Crippen LogP contribution < -0.4 is 5.32 Å². The summed E-state index contributed by atoms with van der Waals surface area (Å²) in [4.78, 5) is 0.0671. The van der Waals surface area contributed by atoms with E-state index in [1.54, 1.807) is 0 Å². The normalized spacial score (nSPS) is 12.4. The Morgan fingerprint density at radius 1 is 1.75 bits per heavy atom. The van der Waals surface area contributed by atoms with Crippen LogP contribution in [0.3, 0.4) is 0 Å². The molecular formula is C4H11Br2NO. The van der Waals surface area contributed by atoms with Gasteiger partial charge in [-0.2, -0.15) is 0 Å². The highest BCUT2D eigenvalue weighted by Gasteiger charge is 1.94. The van der Waals surface area contributed by atoms with Crippen LogP contribution >= 0.6 is 32.9 Å². The van der Waals surface area contributed by atoms with Gasteiger partial charge in [0, 0.05) is 0 Å². The zero-order chi connectivity index (χ0) is 5.70. The lowest BCUT2D eigenvalue weighted by Gasteiger charge is -2.03. The van der Waals surface area contributed by atoms with Crippen molar-refractivity contribution in [1.29, 1.82) is 0 Å². The van der Waals surface area contributed by atoms with E-state index < -0.39 is 0 Å². The fraction of sp³-hybridized carbons (Fsp3) is 1.00. The SMILES string of the molecule is Br.CCNC(Br)CO. The Morgan fingerprint density at radius 2 is 2.25 bits per heavy atom. The van der Waals surface area contributed by atoms with Gasteiger partial charge in [-0.05, 0) is 6.54 Å². The molecule has 0 heterocycles. The Morgan fingerprint density at radius 3 is 2.38 bits per heavy atom. The smallest absolute Gasteiger partial charge is 0.0864 e. The minimum Gasteiger partial charge on any atom is -0.394 e. The number of nitrogens with one attached hydrogen (secondary N) is 1. The average Bonchev–Trinajstić information content (AvgIpc) is 1.68. The molecule has 2 N–H and O–H groups in total. The fourth-order valence-corrected chi connectivity index (χ4v) is 0.610. The lowest BCUT2D eigenvalue weighted by molar-refractivity contribution is 0.284. The molecule has 8 heavy (non-hydrogen) atoms. The van der Waals surface area contributed by atoms with E-state index in [1.807, 2.05) is 6.92 Å². The molecule has 0 aliphatic carbocycles. The second-order valence-electron chi connectivity index (χ2n) is 1.21. The van der Waals surface area contributed by atoms with Gasteiger partial charge in [0.25, 0.3) is 0 Å². The summed E-state index contributed by atoms with van der Waals surface area (Å²) in [6.07, 6.45) is 0. The summed E-state index contributed by atoms with van der Waals surface area (Å²) in [6.45, 7) is 3.02. The van der Waals surface area contributed by atoms with Crippen LogP contribution in [0.4, 0.5) is 0 Å². The van der Waals surface area contributed by atoms with Crippen molar-refractivity contribution in [3.8, 4) is 0 Å². The first kappa shape index (κ1) is 11.6. The molecule has 0 spiro atoms. The van der Waals surface area contributed by atoms with Gasteiger partial charge >= 0.3 is 0 Å². The molecule has 0 aromatic heterocycles. The Kier molecular flexibility index (Phi) is 11.5.